The fourth-order valence-electron chi connectivity index (χ4n) is 3.54. The number of guanidine groups is 1. The number of nitrogens with zero attached hydrogens (tertiary/aromatic N) is 4. The summed E-state index contributed by atoms with van der Waals surface area (Å²) in [5.74, 6) is 1.04. The zero-order chi connectivity index (χ0) is 22.2. The van der Waals surface area contributed by atoms with E-state index in [0.717, 1.165) is 24.2 Å². The number of hydrogen-bond acceptors (Lipinski definition) is 5. The van der Waals surface area contributed by atoms with Crippen molar-refractivity contribution in [1.29, 1.82) is 0 Å². The van der Waals surface area contributed by atoms with Gasteiger partial charge in [-0.15, -0.1) is 24.0 Å². The largest absolute Gasteiger partial charge is 0.377 e. The van der Waals surface area contributed by atoms with Crippen LogP contribution in [0.25, 0.3) is 0 Å². The van der Waals surface area contributed by atoms with Gasteiger partial charge in [0.25, 0.3) is 0 Å². The number of fused-ring (bicyclic) bond motifs is 1. The predicted octanol–water partition coefficient (Wildman–Crippen LogP) is 1.40. The van der Waals surface area contributed by atoms with E-state index in [1.807, 2.05) is 11.6 Å². The van der Waals surface area contributed by atoms with Crippen LogP contribution in [0.1, 0.15) is 30.6 Å². The van der Waals surface area contributed by atoms with Gasteiger partial charge in [0.15, 0.2) is 11.8 Å². The summed E-state index contributed by atoms with van der Waals surface area (Å²) in [5.41, 5.74) is 6.43. The highest BCUT2D eigenvalue weighted by atomic mass is 127. The van der Waals surface area contributed by atoms with Crippen LogP contribution in [-0.4, -0.2) is 52.9 Å². The van der Waals surface area contributed by atoms with Crippen molar-refractivity contribution in [3.05, 3.63) is 47.3 Å². The number of primary amides is 1. The lowest BCUT2D eigenvalue weighted by molar-refractivity contribution is -0.121. The third kappa shape index (κ3) is 7.40. The predicted molar refractivity (Wildman–Crippen MR) is 130 cm³/mol. The van der Waals surface area contributed by atoms with E-state index in [1.165, 1.54) is 12.1 Å². The molecule has 9 nitrogen and oxygen atoms in total. The van der Waals surface area contributed by atoms with Crippen LogP contribution < -0.4 is 16.4 Å². The maximum Gasteiger partial charge on any atom is 0.222 e. The molecule has 0 aliphatic carbocycles. The smallest absolute Gasteiger partial charge is 0.222 e. The molecular weight excluding hydrogens is 528 g/mol. The summed E-state index contributed by atoms with van der Waals surface area (Å²) >= 11 is 0. The third-order valence-electron chi connectivity index (χ3n) is 5.13. The van der Waals surface area contributed by atoms with Crippen molar-refractivity contribution in [3.8, 4) is 0 Å². The van der Waals surface area contributed by atoms with E-state index in [4.69, 9.17) is 10.5 Å². The molecule has 0 saturated heterocycles. The lowest BCUT2D eigenvalue weighted by atomic mass is 9.99. The van der Waals surface area contributed by atoms with E-state index in [2.05, 4.69) is 25.7 Å². The van der Waals surface area contributed by atoms with Crippen molar-refractivity contribution >= 4 is 35.8 Å². The number of aromatic nitrogens is 3. The Bertz CT molecular complexity index is 904. The number of carbonyl (C=O) groups is 1. The second kappa shape index (κ2) is 12.7. The molecule has 0 saturated carbocycles. The fourth-order valence-corrected chi connectivity index (χ4v) is 3.54. The topological polar surface area (TPSA) is 119 Å². The monoisotopic (exact) mass is 559 g/mol. The van der Waals surface area contributed by atoms with Gasteiger partial charge in [0.1, 0.15) is 18.2 Å². The molecule has 2 unspecified atom stereocenters. The number of amides is 1. The van der Waals surface area contributed by atoms with Crippen LogP contribution in [0.5, 0.6) is 0 Å². The number of hydrogen-bond donors (Lipinski definition) is 3. The molecule has 1 aromatic carbocycles. The van der Waals surface area contributed by atoms with E-state index < -0.39 is 11.8 Å². The molecule has 0 spiro atoms. The molecule has 2 atom stereocenters. The number of aryl methyl sites for hydroxylation is 1. The second-order valence-electron chi connectivity index (χ2n) is 7.59. The van der Waals surface area contributed by atoms with Crippen molar-refractivity contribution in [2.24, 2.45) is 16.6 Å². The maximum atomic E-state index is 13.1. The summed E-state index contributed by atoms with van der Waals surface area (Å²) < 4.78 is 20.1. The fraction of sp³-hybridized carbons (Fsp3) is 0.524. The van der Waals surface area contributed by atoms with Gasteiger partial charge >= 0.3 is 0 Å². The summed E-state index contributed by atoms with van der Waals surface area (Å²) in [6.45, 7) is 3.97. The zero-order valence-corrected chi connectivity index (χ0v) is 20.7. The molecule has 2 heterocycles. The van der Waals surface area contributed by atoms with E-state index >= 15 is 0 Å². The van der Waals surface area contributed by atoms with Gasteiger partial charge in [0.05, 0.1) is 19.0 Å². The molecule has 1 amide bonds. The highest BCUT2D eigenvalue weighted by molar-refractivity contribution is 14.0. The van der Waals surface area contributed by atoms with Gasteiger partial charge < -0.3 is 21.1 Å². The van der Waals surface area contributed by atoms with Crippen LogP contribution >= 0.6 is 24.0 Å². The molecule has 32 heavy (non-hydrogen) atoms. The van der Waals surface area contributed by atoms with Crippen molar-refractivity contribution in [2.75, 3.05) is 20.2 Å². The standard InChI is InChI=1S/C21H30FN7O2.HI/c1-3-24-21(25-11-15(20(23)30)10-14-4-6-16(22)7-5-14)26-17-8-9-19-27-18(13-31-2)28-29(19)12-17;/h4-7,15,17H,3,8-13H2,1-2H3,(H2,23,30)(H2,24,25,26);1H. The third-order valence-corrected chi connectivity index (χ3v) is 5.13. The van der Waals surface area contributed by atoms with E-state index in [1.54, 1.807) is 19.2 Å². The van der Waals surface area contributed by atoms with Crippen LogP contribution in [0.3, 0.4) is 0 Å². The van der Waals surface area contributed by atoms with Gasteiger partial charge in [-0.2, -0.15) is 5.10 Å². The number of nitrogens with two attached hydrogens (primary N) is 1. The number of methoxy groups -OCH3 is 1. The highest BCUT2D eigenvalue weighted by Crippen LogP contribution is 2.14. The minimum absolute atomic E-state index is 0. The summed E-state index contributed by atoms with van der Waals surface area (Å²) in [4.78, 5) is 21.0. The van der Waals surface area contributed by atoms with Crippen molar-refractivity contribution < 1.29 is 13.9 Å². The Kier molecular flexibility index (Phi) is 10.3. The second-order valence-corrected chi connectivity index (χ2v) is 7.59. The lowest BCUT2D eigenvalue weighted by Crippen LogP contribution is -2.47. The molecule has 1 aliphatic rings. The number of aliphatic imine (C=N–C) groups is 1. The molecule has 1 aliphatic heterocycles. The lowest BCUT2D eigenvalue weighted by Gasteiger charge is -2.25. The Morgan fingerprint density at radius 3 is 2.81 bits per heavy atom. The maximum absolute atomic E-state index is 13.1. The average Bonchev–Trinajstić information content (AvgIpc) is 3.14. The average molecular weight is 559 g/mol. The van der Waals surface area contributed by atoms with Crippen LogP contribution in [0.4, 0.5) is 4.39 Å². The van der Waals surface area contributed by atoms with Gasteiger partial charge in [-0.1, -0.05) is 12.1 Å². The number of nitrogens with one attached hydrogen (secondary N) is 2. The quantitative estimate of drug-likeness (QED) is 0.243. The highest BCUT2D eigenvalue weighted by Gasteiger charge is 2.23. The first-order chi connectivity index (χ1) is 15.0. The summed E-state index contributed by atoms with van der Waals surface area (Å²) in [6, 6.07) is 6.21. The first-order valence-electron chi connectivity index (χ1n) is 10.5. The molecular formula is C21H31FIN7O2. The Morgan fingerprint density at radius 1 is 1.41 bits per heavy atom. The number of carbonyl (C=O) groups excluding carboxylic acids is 1. The summed E-state index contributed by atoms with van der Waals surface area (Å²) in [6.07, 6.45) is 2.11. The Labute approximate surface area is 204 Å². The number of halogens is 2. The number of rotatable bonds is 9. The van der Waals surface area contributed by atoms with Crippen molar-refractivity contribution in [2.45, 2.75) is 45.4 Å². The molecule has 176 valence electrons. The van der Waals surface area contributed by atoms with Gasteiger partial charge in [-0.05, 0) is 37.5 Å². The normalized spacial score (nSPS) is 16.6. The van der Waals surface area contributed by atoms with Crippen LogP contribution in [0.15, 0.2) is 29.3 Å². The first-order valence-corrected chi connectivity index (χ1v) is 10.5. The van der Waals surface area contributed by atoms with Gasteiger partial charge in [0.2, 0.25) is 5.91 Å². The zero-order valence-electron chi connectivity index (χ0n) is 18.4. The summed E-state index contributed by atoms with van der Waals surface area (Å²) in [7, 11) is 1.62. The van der Waals surface area contributed by atoms with Crippen molar-refractivity contribution in [3.63, 3.8) is 0 Å². The Hall–Kier alpha value is -2.28. The molecule has 0 bridgehead atoms. The minimum Gasteiger partial charge on any atom is -0.377 e. The minimum atomic E-state index is -0.481. The molecule has 3 rings (SSSR count). The molecule has 11 heteroatoms. The summed E-state index contributed by atoms with van der Waals surface area (Å²) in [5, 5.41) is 11.1. The SMILES string of the molecule is CCNC(=NCC(Cc1ccc(F)cc1)C(N)=O)NC1CCc2nc(COC)nn2C1.I. The number of ether oxygens (including phenoxy) is 1. The Balaban J connectivity index is 0.00000363. The molecule has 1 aromatic heterocycles. The Morgan fingerprint density at radius 2 is 2.16 bits per heavy atom. The number of benzene rings is 1. The van der Waals surface area contributed by atoms with Gasteiger partial charge in [-0.25, -0.2) is 14.1 Å². The first kappa shape index (κ1) is 26.0. The van der Waals surface area contributed by atoms with E-state index in [0.29, 0.717) is 37.9 Å². The van der Waals surface area contributed by atoms with Crippen LogP contribution in [0, 0.1) is 11.7 Å². The molecule has 4 N–H and O–H groups in total. The molecule has 0 radical (unpaired) electrons. The van der Waals surface area contributed by atoms with Gasteiger partial charge in [-0.3, -0.25) is 9.79 Å². The molecule has 0 fully saturated rings. The molecule has 2 aromatic rings. The van der Waals surface area contributed by atoms with Crippen molar-refractivity contribution in [1.82, 2.24) is 25.4 Å². The van der Waals surface area contributed by atoms with Gasteiger partial charge in [0, 0.05) is 26.1 Å². The van der Waals surface area contributed by atoms with E-state index in [-0.39, 0.29) is 42.4 Å². The van der Waals surface area contributed by atoms with Crippen LogP contribution in [-0.2, 0) is 35.5 Å². The van der Waals surface area contributed by atoms with Crippen LogP contribution in [0.2, 0.25) is 0 Å². The van der Waals surface area contributed by atoms with E-state index in [9.17, 15) is 9.18 Å².